The number of carbonyl (C=O) groups excluding carboxylic acids is 1. The van der Waals surface area contributed by atoms with Crippen LogP contribution in [0, 0.1) is 5.92 Å². The van der Waals surface area contributed by atoms with Crippen LogP contribution in [0.1, 0.15) is 78.6 Å². The molecule has 0 spiro atoms. The van der Waals surface area contributed by atoms with Crippen molar-refractivity contribution in [3.8, 4) is 0 Å². The summed E-state index contributed by atoms with van der Waals surface area (Å²) >= 11 is 0. The predicted molar refractivity (Wildman–Crippen MR) is 105 cm³/mol. The van der Waals surface area contributed by atoms with Gasteiger partial charge in [0.05, 0.1) is 5.60 Å². The summed E-state index contributed by atoms with van der Waals surface area (Å²) in [5.74, 6) is 0.564. The predicted octanol–water partition coefficient (Wildman–Crippen LogP) is 4.13. The normalized spacial score (nSPS) is 31.2. The van der Waals surface area contributed by atoms with Gasteiger partial charge >= 0.3 is 6.09 Å². The van der Waals surface area contributed by atoms with E-state index in [0.29, 0.717) is 12.6 Å². The fourth-order valence-corrected chi connectivity index (χ4v) is 5.55. The summed E-state index contributed by atoms with van der Waals surface area (Å²) in [6, 6.07) is 0.428. The molecule has 1 saturated carbocycles. The Labute approximate surface area is 167 Å². The third-order valence-corrected chi connectivity index (χ3v) is 6.69. The van der Waals surface area contributed by atoms with Crippen LogP contribution in [-0.4, -0.2) is 49.0 Å². The molecule has 0 radical (unpaired) electrons. The van der Waals surface area contributed by atoms with Crippen molar-refractivity contribution in [3.05, 3.63) is 12.7 Å². The van der Waals surface area contributed by atoms with Gasteiger partial charge in [0, 0.05) is 12.1 Å². The van der Waals surface area contributed by atoms with Crippen LogP contribution in [0.15, 0.2) is 12.7 Å². The molecule has 156 valence electrons. The van der Waals surface area contributed by atoms with E-state index >= 15 is 0 Å². The molecular formula is C21H34N4O3. The molecule has 2 atom stereocenters. The summed E-state index contributed by atoms with van der Waals surface area (Å²) in [4.78, 5) is 18.9. The Morgan fingerprint density at radius 3 is 2.36 bits per heavy atom. The fraction of sp³-hybridized carbons (Fsp3) is 0.857. The fourth-order valence-electron chi connectivity index (χ4n) is 5.55. The molecule has 2 aliphatic heterocycles. The zero-order valence-corrected chi connectivity index (χ0v) is 17.5. The highest BCUT2D eigenvalue weighted by molar-refractivity contribution is 5.69. The third-order valence-electron chi connectivity index (χ3n) is 6.69. The van der Waals surface area contributed by atoms with Gasteiger partial charge in [0.25, 0.3) is 0 Å². The van der Waals surface area contributed by atoms with Crippen molar-refractivity contribution in [2.75, 3.05) is 0 Å². The highest BCUT2D eigenvalue weighted by atomic mass is 16.6. The van der Waals surface area contributed by atoms with Crippen molar-refractivity contribution in [3.63, 3.8) is 0 Å². The summed E-state index contributed by atoms with van der Waals surface area (Å²) in [5, 5.41) is 4.21. The number of hydrogen-bond donors (Lipinski definition) is 0. The van der Waals surface area contributed by atoms with Crippen LogP contribution in [0.25, 0.3) is 0 Å². The number of ether oxygens (including phenoxy) is 2. The van der Waals surface area contributed by atoms with Crippen LogP contribution in [0.2, 0.25) is 0 Å². The Bertz CT molecular complexity index is 650. The first-order chi connectivity index (χ1) is 13.4. The lowest BCUT2D eigenvalue weighted by atomic mass is 9.70. The molecule has 7 nitrogen and oxygen atoms in total. The van der Waals surface area contributed by atoms with Crippen LogP contribution < -0.4 is 0 Å². The molecule has 1 aromatic heterocycles. The standard InChI is InChI=1S/C21H34N4O3/c1-20(2,3)28-19(26)25-17-9-10-18(25)12-21(11-17,16-7-5-4-6-8-16)27-15-24-14-22-13-23-24/h13-14,16-18H,4-12,15H2,1-3H3. The lowest BCUT2D eigenvalue weighted by Crippen LogP contribution is -2.58. The van der Waals surface area contributed by atoms with Gasteiger partial charge in [0.15, 0.2) is 0 Å². The Hall–Kier alpha value is -1.63. The number of nitrogens with zero attached hydrogens (tertiary/aromatic N) is 4. The van der Waals surface area contributed by atoms with Gasteiger partial charge in [0.1, 0.15) is 25.0 Å². The van der Waals surface area contributed by atoms with Crippen LogP contribution in [0.3, 0.4) is 0 Å². The SMILES string of the molecule is CC(C)(C)OC(=O)N1C2CCC1CC(OCn1cncn1)(C1CCCCC1)C2. The lowest BCUT2D eigenvalue weighted by molar-refractivity contribution is -0.166. The smallest absolute Gasteiger partial charge is 0.410 e. The zero-order valence-electron chi connectivity index (χ0n) is 17.5. The average molecular weight is 391 g/mol. The molecule has 3 fully saturated rings. The summed E-state index contributed by atoms with van der Waals surface area (Å²) in [7, 11) is 0. The molecule has 0 N–H and O–H groups in total. The van der Waals surface area contributed by atoms with Crippen molar-refractivity contribution < 1.29 is 14.3 Å². The topological polar surface area (TPSA) is 69.5 Å². The molecule has 1 aliphatic carbocycles. The molecule has 2 saturated heterocycles. The number of fused-ring (bicyclic) bond motifs is 2. The second kappa shape index (κ2) is 7.65. The van der Waals surface area contributed by atoms with E-state index in [1.165, 1.54) is 32.1 Å². The summed E-state index contributed by atoms with van der Waals surface area (Å²) in [5.41, 5.74) is -0.630. The van der Waals surface area contributed by atoms with E-state index in [1.54, 1.807) is 17.3 Å². The van der Waals surface area contributed by atoms with Crippen LogP contribution in [0.5, 0.6) is 0 Å². The molecule has 4 rings (SSSR count). The summed E-state index contributed by atoms with van der Waals surface area (Å²) in [6.45, 7) is 6.24. The Kier molecular flexibility index (Phi) is 5.38. The number of rotatable bonds is 4. The Morgan fingerprint density at radius 2 is 1.79 bits per heavy atom. The monoisotopic (exact) mass is 390 g/mol. The van der Waals surface area contributed by atoms with Gasteiger partial charge in [-0.05, 0) is 65.2 Å². The number of hydrogen-bond acceptors (Lipinski definition) is 5. The second-order valence-corrected chi connectivity index (χ2v) is 9.79. The maximum absolute atomic E-state index is 12.8. The van der Waals surface area contributed by atoms with Crippen molar-refractivity contribution in [2.24, 2.45) is 5.92 Å². The number of aromatic nitrogens is 3. The maximum atomic E-state index is 12.8. The van der Waals surface area contributed by atoms with Crippen LogP contribution in [0.4, 0.5) is 4.79 Å². The minimum absolute atomic E-state index is 0.159. The summed E-state index contributed by atoms with van der Waals surface area (Å²) < 4.78 is 14.1. The zero-order chi connectivity index (χ0) is 19.8. The van der Waals surface area contributed by atoms with Crippen molar-refractivity contribution in [1.29, 1.82) is 0 Å². The highest BCUT2D eigenvalue weighted by Gasteiger charge is 2.54. The van der Waals surface area contributed by atoms with Gasteiger partial charge in [-0.25, -0.2) is 14.5 Å². The molecule has 1 aromatic rings. The minimum Gasteiger partial charge on any atom is -0.444 e. The van der Waals surface area contributed by atoms with Gasteiger partial charge in [-0.2, -0.15) is 5.10 Å². The van der Waals surface area contributed by atoms with Gasteiger partial charge < -0.3 is 14.4 Å². The van der Waals surface area contributed by atoms with Crippen molar-refractivity contribution in [2.45, 2.75) is 109 Å². The molecule has 3 heterocycles. The quantitative estimate of drug-likeness (QED) is 0.773. The molecule has 1 amide bonds. The first-order valence-corrected chi connectivity index (χ1v) is 10.8. The lowest BCUT2D eigenvalue weighted by Gasteiger charge is -2.50. The number of carbonyl (C=O) groups is 1. The molecular weight excluding hydrogens is 356 g/mol. The molecule has 2 unspecified atom stereocenters. The first kappa shape index (κ1) is 19.7. The van der Waals surface area contributed by atoms with Gasteiger partial charge in [0.2, 0.25) is 0 Å². The largest absolute Gasteiger partial charge is 0.444 e. The minimum atomic E-state index is -0.460. The van der Waals surface area contributed by atoms with Crippen LogP contribution in [-0.2, 0) is 16.2 Å². The third kappa shape index (κ3) is 4.04. The van der Waals surface area contributed by atoms with E-state index in [4.69, 9.17) is 9.47 Å². The van der Waals surface area contributed by atoms with E-state index in [-0.39, 0.29) is 23.8 Å². The average Bonchev–Trinajstić information content (AvgIpc) is 3.26. The molecule has 2 bridgehead atoms. The maximum Gasteiger partial charge on any atom is 0.410 e. The second-order valence-electron chi connectivity index (χ2n) is 9.79. The van der Waals surface area contributed by atoms with E-state index in [9.17, 15) is 4.79 Å². The summed E-state index contributed by atoms with van der Waals surface area (Å²) in [6.07, 6.45) is 13.3. The number of amides is 1. The Balaban J connectivity index is 1.52. The van der Waals surface area contributed by atoms with Gasteiger partial charge in [-0.1, -0.05) is 19.3 Å². The van der Waals surface area contributed by atoms with Crippen molar-refractivity contribution >= 4 is 6.09 Å². The highest BCUT2D eigenvalue weighted by Crippen LogP contribution is 2.50. The first-order valence-electron chi connectivity index (χ1n) is 10.8. The Morgan fingerprint density at radius 1 is 1.11 bits per heavy atom. The number of piperidine rings is 1. The molecule has 3 aliphatic rings. The van der Waals surface area contributed by atoms with E-state index in [1.807, 2.05) is 25.7 Å². The van der Waals surface area contributed by atoms with Crippen LogP contribution >= 0.6 is 0 Å². The molecule has 7 heteroatoms. The van der Waals surface area contributed by atoms with Crippen molar-refractivity contribution in [1.82, 2.24) is 19.7 Å². The van der Waals surface area contributed by atoms with Gasteiger partial charge in [-0.15, -0.1) is 0 Å². The molecule has 0 aromatic carbocycles. The van der Waals surface area contributed by atoms with E-state index in [0.717, 1.165) is 25.7 Å². The van der Waals surface area contributed by atoms with Gasteiger partial charge in [-0.3, -0.25) is 0 Å². The van der Waals surface area contributed by atoms with E-state index in [2.05, 4.69) is 10.1 Å². The van der Waals surface area contributed by atoms with E-state index < -0.39 is 5.60 Å². The molecule has 28 heavy (non-hydrogen) atoms.